The largest absolute Gasteiger partial charge is 0.390 e. The van der Waals surface area contributed by atoms with E-state index >= 15 is 0 Å². The number of hydrogen-bond acceptors (Lipinski definition) is 1. The molecule has 0 saturated carbocycles. The minimum absolute atomic E-state index is 0.585. The van der Waals surface area contributed by atoms with Gasteiger partial charge >= 0.3 is 0 Å². The molecule has 1 nitrogen and oxygen atoms in total. The van der Waals surface area contributed by atoms with Crippen molar-refractivity contribution in [3.63, 3.8) is 0 Å². The predicted molar refractivity (Wildman–Crippen MR) is 63.4 cm³/mol. The van der Waals surface area contributed by atoms with Gasteiger partial charge in [-0.25, -0.2) is 0 Å². The van der Waals surface area contributed by atoms with E-state index in [4.69, 9.17) is 0 Å². The van der Waals surface area contributed by atoms with Crippen molar-refractivity contribution < 1.29 is 5.11 Å². The zero-order valence-electron chi connectivity index (χ0n) is 8.76. The molecule has 0 aliphatic carbocycles. The highest BCUT2D eigenvalue weighted by molar-refractivity contribution is 9.10. The van der Waals surface area contributed by atoms with Gasteiger partial charge in [0.05, 0.1) is 5.60 Å². The molecule has 14 heavy (non-hydrogen) atoms. The van der Waals surface area contributed by atoms with E-state index in [1.54, 1.807) is 0 Å². The maximum atomic E-state index is 10.1. The summed E-state index contributed by atoms with van der Waals surface area (Å²) < 4.78 is 1.08. The normalized spacial score (nSPS) is 15.1. The zero-order chi connectivity index (χ0) is 10.6. The molecular weight excluding hydrogens is 240 g/mol. The molecule has 1 rings (SSSR count). The number of aliphatic hydroxyl groups is 1. The lowest BCUT2D eigenvalue weighted by Crippen LogP contribution is -2.26. The van der Waals surface area contributed by atoms with Gasteiger partial charge in [-0.1, -0.05) is 47.5 Å². The van der Waals surface area contributed by atoms with E-state index in [1.165, 1.54) is 5.56 Å². The van der Waals surface area contributed by atoms with E-state index in [1.807, 2.05) is 31.2 Å². The van der Waals surface area contributed by atoms with Crippen molar-refractivity contribution in [2.24, 2.45) is 0 Å². The Morgan fingerprint density at radius 2 is 2.00 bits per heavy atom. The number of hydrogen-bond donors (Lipinski definition) is 1. The van der Waals surface area contributed by atoms with Crippen molar-refractivity contribution >= 4 is 15.9 Å². The van der Waals surface area contributed by atoms with Crippen LogP contribution in [0.4, 0.5) is 0 Å². The van der Waals surface area contributed by atoms with Crippen molar-refractivity contribution in [3.05, 3.63) is 34.3 Å². The summed E-state index contributed by atoms with van der Waals surface area (Å²) in [6.45, 7) is 3.99. The fourth-order valence-electron chi connectivity index (χ4n) is 1.68. The van der Waals surface area contributed by atoms with Crippen molar-refractivity contribution in [3.8, 4) is 0 Å². The van der Waals surface area contributed by atoms with Gasteiger partial charge in [-0.3, -0.25) is 0 Å². The Kier molecular flexibility index (Phi) is 4.14. The molecule has 0 amide bonds. The highest BCUT2D eigenvalue weighted by Crippen LogP contribution is 2.23. The van der Waals surface area contributed by atoms with Gasteiger partial charge in [0.2, 0.25) is 0 Å². The molecule has 0 fully saturated rings. The average Bonchev–Trinajstić information content (AvgIpc) is 2.08. The van der Waals surface area contributed by atoms with Gasteiger partial charge in [0.25, 0.3) is 0 Å². The van der Waals surface area contributed by atoms with Crippen molar-refractivity contribution in [2.45, 2.75) is 38.7 Å². The van der Waals surface area contributed by atoms with Crippen molar-refractivity contribution in [2.75, 3.05) is 0 Å². The van der Waals surface area contributed by atoms with E-state index < -0.39 is 5.60 Å². The molecule has 0 saturated heterocycles. The molecule has 78 valence electrons. The Balaban J connectivity index is 2.73. The molecule has 0 spiro atoms. The summed E-state index contributed by atoms with van der Waals surface area (Å²) in [4.78, 5) is 0. The number of halogens is 1. The molecular formula is C12H17BrO. The molecule has 1 aromatic rings. The molecule has 0 heterocycles. The van der Waals surface area contributed by atoms with Crippen LogP contribution >= 0.6 is 15.9 Å². The van der Waals surface area contributed by atoms with Gasteiger partial charge in [-0.15, -0.1) is 0 Å². The maximum absolute atomic E-state index is 10.1. The van der Waals surface area contributed by atoms with Crippen molar-refractivity contribution in [1.82, 2.24) is 0 Å². The summed E-state index contributed by atoms with van der Waals surface area (Å²) in [5.74, 6) is 0. The van der Waals surface area contributed by atoms with Crippen LogP contribution < -0.4 is 0 Å². The van der Waals surface area contributed by atoms with Crippen LogP contribution in [0.15, 0.2) is 28.7 Å². The minimum Gasteiger partial charge on any atom is -0.390 e. The van der Waals surface area contributed by atoms with Gasteiger partial charge in [-0.05, 0) is 25.0 Å². The minimum atomic E-state index is -0.585. The SMILES string of the molecule is CCCC(C)(O)Cc1ccccc1Br. The Labute approximate surface area is 94.3 Å². The first kappa shape index (κ1) is 11.7. The second-order valence-electron chi connectivity index (χ2n) is 4.02. The Bertz CT molecular complexity index is 294. The first-order valence-electron chi connectivity index (χ1n) is 5.01. The van der Waals surface area contributed by atoms with E-state index in [-0.39, 0.29) is 0 Å². The molecule has 1 aromatic carbocycles. The molecule has 1 N–H and O–H groups in total. The standard InChI is InChI=1S/C12H17BrO/c1-3-8-12(2,14)9-10-6-4-5-7-11(10)13/h4-7,14H,3,8-9H2,1-2H3. The fraction of sp³-hybridized carbons (Fsp3) is 0.500. The maximum Gasteiger partial charge on any atom is 0.0660 e. The quantitative estimate of drug-likeness (QED) is 0.874. The summed E-state index contributed by atoms with van der Waals surface area (Å²) in [5, 5.41) is 10.1. The molecule has 0 bridgehead atoms. The summed E-state index contributed by atoms with van der Waals surface area (Å²) >= 11 is 3.49. The Morgan fingerprint density at radius 1 is 1.36 bits per heavy atom. The average molecular weight is 257 g/mol. The van der Waals surface area contributed by atoms with E-state index in [2.05, 4.69) is 22.9 Å². The molecule has 1 unspecified atom stereocenters. The van der Waals surface area contributed by atoms with Crippen LogP contribution in [0.25, 0.3) is 0 Å². The van der Waals surface area contributed by atoms with Crippen LogP contribution in [0.3, 0.4) is 0 Å². The molecule has 0 aliphatic rings. The molecule has 0 aliphatic heterocycles. The van der Waals surface area contributed by atoms with Gasteiger partial charge in [0.1, 0.15) is 0 Å². The van der Waals surface area contributed by atoms with Crippen LogP contribution in [-0.2, 0) is 6.42 Å². The summed E-state index contributed by atoms with van der Waals surface area (Å²) in [6, 6.07) is 8.05. The van der Waals surface area contributed by atoms with E-state index in [9.17, 15) is 5.11 Å². The van der Waals surface area contributed by atoms with Crippen molar-refractivity contribution in [1.29, 1.82) is 0 Å². The first-order valence-corrected chi connectivity index (χ1v) is 5.80. The third-order valence-corrected chi connectivity index (χ3v) is 3.09. The van der Waals surface area contributed by atoms with Gasteiger partial charge in [0.15, 0.2) is 0 Å². The number of benzene rings is 1. The topological polar surface area (TPSA) is 20.2 Å². The van der Waals surface area contributed by atoms with Crippen LogP contribution in [-0.4, -0.2) is 10.7 Å². The van der Waals surface area contributed by atoms with Gasteiger partial charge in [0, 0.05) is 10.9 Å². The number of rotatable bonds is 4. The zero-order valence-corrected chi connectivity index (χ0v) is 10.3. The molecule has 0 aromatic heterocycles. The summed E-state index contributed by atoms with van der Waals surface area (Å²) in [7, 11) is 0. The second kappa shape index (κ2) is 4.94. The Hall–Kier alpha value is -0.340. The van der Waals surface area contributed by atoms with Crippen LogP contribution in [0, 0.1) is 0 Å². The monoisotopic (exact) mass is 256 g/mol. The predicted octanol–water partition coefficient (Wildman–Crippen LogP) is 3.54. The van der Waals surface area contributed by atoms with Crippen LogP contribution in [0.5, 0.6) is 0 Å². The van der Waals surface area contributed by atoms with E-state index in [0.29, 0.717) is 6.42 Å². The van der Waals surface area contributed by atoms with Gasteiger partial charge < -0.3 is 5.11 Å². The van der Waals surface area contributed by atoms with Gasteiger partial charge in [-0.2, -0.15) is 0 Å². The third-order valence-electron chi connectivity index (χ3n) is 2.32. The highest BCUT2D eigenvalue weighted by atomic mass is 79.9. The lowest BCUT2D eigenvalue weighted by atomic mass is 9.92. The molecule has 0 radical (unpaired) electrons. The third kappa shape index (κ3) is 3.43. The van der Waals surface area contributed by atoms with E-state index in [0.717, 1.165) is 17.3 Å². The fourth-order valence-corrected chi connectivity index (χ4v) is 2.10. The lowest BCUT2D eigenvalue weighted by molar-refractivity contribution is 0.0504. The molecule has 2 heteroatoms. The molecule has 1 atom stereocenters. The van der Waals surface area contributed by atoms with Crippen LogP contribution in [0.1, 0.15) is 32.3 Å². The Morgan fingerprint density at radius 3 is 2.57 bits per heavy atom. The first-order chi connectivity index (χ1) is 6.55. The lowest BCUT2D eigenvalue weighted by Gasteiger charge is -2.23. The summed E-state index contributed by atoms with van der Waals surface area (Å²) in [5.41, 5.74) is 0.587. The summed E-state index contributed by atoms with van der Waals surface area (Å²) in [6.07, 6.45) is 2.56. The van der Waals surface area contributed by atoms with Crippen LogP contribution in [0.2, 0.25) is 0 Å². The second-order valence-corrected chi connectivity index (χ2v) is 4.87. The highest BCUT2D eigenvalue weighted by Gasteiger charge is 2.20. The smallest absolute Gasteiger partial charge is 0.0660 e.